The Kier molecular flexibility index (Phi) is 4.73. The maximum Gasteiger partial charge on any atom is 0.231 e. The van der Waals surface area contributed by atoms with Crippen LogP contribution < -0.4 is 14.2 Å². The molecule has 2 aromatic heterocycles. The van der Waals surface area contributed by atoms with Gasteiger partial charge in [0.15, 0.2) is 11.5 Å². The molecule has 0 unspecified atom stereocenters. The fourth-order valence-electron chi connectivity index (χ4n) is 3.05. The zero-order valence-corrected chi connectivity index (χ0v) is 16.2. The predicted molar refractivity (Wildman–Crippen MR) is 108 cm³/mol. The minimum Gasteiger partial charge on any atom is -0.493 e. The number of aromatic nitrogens is 2. The van der Waals surface area contributed by atoms with Crippen LogP contribution in [0.2, 0.25) is 0 Å². The van der Waals surface area contributed by atoms with Crippen LogP contribution in [0.5, 0.6) is 17.2 Å². The molecule has 0 saturated carbocycles. The molecule has 0 radical (unpaired) electrons. The molecule has 0 N–H and O–H groups in total. The molecule has 0 bridgehead atoms. The lowest BCUT2D eigenvalue weighted by Crippen LogP contribution is -1.93. The number of rotatable bonds is 2. The summed E-state index contributed by atoms with van der Waals surface area (Å²) in [6.45, 7) is 2.28. The van der Waals surface area contributed by atoms with Gasteiger partial charge in [-0.05, 0) is 53.7 Å². The minimum absolute atomic E-state index is 0.247. The lowest BCUT2D eigenvalue weighted by molar-refractivity contribution is 0.171. The van der Waals surface area contributed by atoms with Crippen molar-refractivity contribution in [1.29, 1.82) is 0 Å². The van der Waals surface area contributed by atoms with Gasteiger partial charge in [0.05, 0.1) is 12.0 Å². The highest BCUT2D eigenvalue weighted by Crippen LogP contribution is 2.45. The number of hydrogen-bond acceptors (Lipinski definition) is 5. The van der Waals surface area contributed by atoms with Gasteiger partial charge in [-0.15, -0.1) is 0 Å². The van der Waals surface area contributed by atoms with E-state index in [4.69, 9.17) is 14.2 Å². The number of aryl methyl sites for hydroxylation is 2. The van der Waals surface area contributed by atoms with E-state index in [1.165, 1.54) is 22.4 Å². The second kappa shape index (κ2) is 7.32. The first-order valence-electron chi connectivity index (χ1n) is 8.56. The van der Waals surface area contributed by atoms with Gasteiger partial charge in [0, 0.05) is 30.5 Å². The Morgan fingerprint density at radius 3 is 2.74 bits per heavy atom. The van der Waals surface area contributed by atoms with E-state index in [9.17, 15) is 0 Å². The zero-order valence-electron chi connectivity index (χ0n) is 15.4. The molecule has 1 aliphatic heterocycles. The third kappa shape index (κ3) is 3.36. The van der Waals surface area contributed by atoms with E-state index >= 15 is 0 Å². The van der Waals surface area contributed by atoms with Gasteiger partial charge in [0.1, 0.15) is 0 Å². The Bertz CT molecular complexity index is 1080. The average Bonchev–Trinajstić information content (AvgIpc) is 3.42. The van der Waals surface area contributed by atoms with Crippen LogP contribution in [0.1, 0.15) is 5.56 Å². The topological polar surface area (TPSA) is 45.5 Å². The van der Waals surface area contributed by atoms with E-state index in [-0.39, 0.29) is 6.79 Å². The van der Waals surface area contributed by atoms with Crippen molar-refractivity contribution in [2.75, 3.05) is 13.9 Å². The number of para-hydroxylation sites is 1. The van der Waals surface area contributed by atoms with Crippen molar-refractivity contribution in [2.45, 2.75) is 6.92 Å². The van der Waals surface area contributed by atoms with Crippen LogP contribution in [0.4, 0.5) is 0 Å². The fourth-order valence-corrected chi connectivity index (χ4v) is 3.79. The van der Waals surface area contributed by atoms with Crippen LogP contribution in [0.25, 0.3) is 21.3 Å². The van der Waals surface area contributed by atoms with Gasteiger partial charge < -0.3 is 18.8 Å². The molecule has 0 aliphatic carbocycles. The summed E-state index contributed by atoms with van der Waals surface area (Å²) in [5.74, 6) is 2.10. The van der Waals surface area contributed by atoms with Gasteiger partial charge in [-0.1, -0.05) is 18.2 Å². The molecule has 138 valence electrons. The smallest absolute Gasteiger partial charge is 0.231 e. The van der Waals surface area contributed by atoms with Crippen LogP contribution >= 0.6 is 11.5 Å². The lowest BCUT2D eigenvalue weighted by atomic mass is 10.1. The Morgan fingerprint density at radius 2 is 2.00 bits per heavy atom. The Balaban J connectivity index is 0.000000153. The number of fused-ring (bicyclic) bond motifs is 2. The summed E-state index contributed by atoms with van der Waals surface area (Å²) >= 11 is 1.47. The van der Waals surface area contributed by atoms with Crippen molar-refractivity contribution >= 4 is 22.4 Å². The van der Waals surface area contributed by atoms with Crippen molar-refractivity contribution in [2.24, 2.45) is 7.05 Å². The zero-order chi connectivity index (χ0) is 18.8. The van der Waals surface area contributed by atoms with Crippen LogP contribution in [-0.4, -0.2) is 22.8 Å². The summed E-state index contributed by atoms with van der Waals surface area (Å²) in [6, 6.07) is 14.4. The predicted octanol–water partition coefficient (Wildman–Crippen LogP) is 5.03. The van der Waals surface area contributed by atoms with E-state index < -0.39 is 0 Å². The summed E-state index contributed by atoms with van der Waals surface area (Å²) in [4.78, 5) is 1.13. The number of hydrogen-bond donors (Lipinski definition) is 0. The average molecular weight is 380 g/mol. The molecule has 6 heteroatoms. The molecule has 0 saturated heterocycles. The number of ether oxygens (including phenoxy) is 3. The highest BCUT2D eigenvalue weighted by atomic mass is 32.1. The molecule has 0 atom stereocenters. The third-order valence-corrected chi connectivity index (χ3v) is 5.41. The summed E-state index contributed by atoms with van der Waals surface area (Å²) in [7, 11) is 3.68. The number of benzene rings is 2. The van der Waals surface area contributed by atoms with Crippen molar-refractivity contribution in [3.8, 4) is 27.7 Å². The second-order valence-electron chi connectivity index (χ2n) is 6.24. The van der Waals surface area contributed by atoms with Crippen molar-refractivity contribution in [1.82, 2.24) is 8.94 Å². The van der Waals surface area contributed by atoms with Crippen LogP contribution in [0.3, 0.4) is 0 Å². The van der Waals surface area contributed by atoms with Gasteiger partial charge in [-0.3, -0.25) is 0 Å². The highest BCUT2D eigenvalue weighted by Gasteiger charge is 2.21. The molecular formula is C21H20N2O3S. The van der Waals surface area contributed by atoms with Gasteiger partial charge in [-0.2, -0.15) is 0 Å². The normalized spacial score (nSPS) is 12.0. The van der Waals surface area contributed by atoms with Gasteiger partial charge in [0.25, 0.3) is 0 Å². The van der Waals surface area contributed by atoms with Crippen molar-refractivity contribution in [3.63, 3.8) is 0 Å². The molecule has 2 aromatic carbocycles. The van der Waals surface area contributed by atoms with Crippen molar-refractivity contribution in [3.05, 3.63) is 60.4 Å². The van der Waals surface area contributed by atoms with Crippen LogP contribution in [0.15, 0.2) is 54.9 Å². The van der Waals surface area contributed by atoms with E-state index in [0.29, 0.717) is 11.5 Å². The van der Waals surface area contributed by atoms with E-state index in [2.05, 4.69) is 52.5 Å². The molecular weight excluding hydrogens is 360 g/mol. The standard InChI is InChI=1S/C12H11NO3S.C9H9N/c1-7-5-13-17-12(7)8-3-9(14-2)11-10(4-8)15-6-16-11;1-10-7-6-8-4-2-3-5-9(8)10/h3-5H,6H2,1-2H3;2-7H,1H3. The van der Waals surface area contributed by atoms with E-state index in [1.807, 2.05) is 25.3 Å². The summed E-state index contributed by atoms with van der Waals surface area (Å²) < 4.78 is 22.4. The summed E-state index contributed by atoms with van der Waals surface area (Å²) in [6.07, 6.45) is 3.93. The lowest BCUT2D eigenvalue weighted by Gasteiger charge is -2.07. The fraction of sp³-hybridized carbons (Fsp3) is 0.190. The Labute approximate surface area is 161 Å². The largest absolute Gasteiger partial charge is 0.493 e. The molecule has 27 heavy (non-hydrogen) atoms. The SMILES string of the molecule is COc1cc(-c2sncc2C)cc2c1OCO2.Cn1ccc2ccccc21. The Hall–Kier alpha value is -2.99. The van der Waals surface area contributed by atoms with Gasteiger partial charge >= 0.3 is 0 Å². The minimum atomic E-state index is 0.247. The monoisotopic (exact) mass is 380 g/mol. The molecule has 3 heterocycles. The molecule has 4 aromatic rings. The molecule has 5 nitrogen and oxygen atoms in total. The number of nitrogens with zero attached hydrogens (tertiary/aromatic N) is 2. The first kappa shape index (κ1) is 17.4. The van der Waals surface area contributed by atoms with Gasteiger partial charge in [0.2, 0.25) is 12.5 Å². The quantitative estimate of drug-likeness (QED) is 0.489. The summed E-state index contributed by atoms with van der Waals surface area (Å²) in [5.41, 5.74) is 3.49. The van der Waals surface area contributed by atoms with Gasteiger partial charge in [-0.25, -0.2) is 4.37 Å². The van der Waals surface area contributed by atoms with Crippen molar-refractivity contribution < 1.29 is 14.2 Å². The van der Waals surface area contributed by atoms with Crippen LogP contribution in [-0.2, 0) is 7.05 Å². The molecule has 0 spiro atoms. The molecule has 0 fully saturated rings. The van der Waals surface area contributed by atoms with E-state index in [1.54, 1.807) is 7.11 Å². The molecule has 0 amide bonds. The maximum atomic E-state index is 5.40. The third-order valence-electron chi connectivity index (χ3n) is 4.46. The summed E-state index contributed by atoms with van der Waals surface area (Å²) in [5, 5.41) is 1.31. The molecule has 5 rings (SSSR count). The first-order chi connectivity index (χ1) is 13.2. The van der Waals surface area contributed by atoms with Crippen LogP contribution in [0, 0.1) is 6.92 Å². The highest BCUT2D eigenvalue weighted by molar-refractivity contribution is 7.09. The first-order valence-corrected chi connectivity index (χ1v) is 9.34. The second-order valence-corrected chi connectivity index (χ2v) is 7.04. The molecule has 1 aliphatic rings. The number of methoxy groups -OCH3 is 1. The van der Waals surface area contributed by atoms with E-state index in [0.717, 1.165) is 21.8 Å². The Morgan fingerprint density at radius 1 is 1.15 bits per heavy atom. The maximum absolute atomic E-state index is 5.40.